The van der Waals surface area contributed by atoms with Gasteiger partial charge in [0.15, 0.2) is 0 Å². The molecule has 3 rings (SSSR count). The molecule has 26 heavy (non-hydrogen) atoms. The topological polar surface area (TPSA) is 94.3 Å². The first kappa shape index (κ1) is 18.4. The Hall–Kier alpha value is -2.42. The number of benzene rings is 2. The van der Waals surface area contributed by atoms with E-state index in [2.05, 4.69) is 14.9 Å². The molecule has 2 aromatic carbocycles. The molecular formula is C17H16ClN3O4S. The molecule has 0 amide bonds. The summed E-state index contributed by atoms with van der Waals surface area (Å²) in [5, 5.41) is 4.48. The molecule has 1 N–H and O–H groups in total. The van der Waals surface area contributed by atoms with Crippen LogP contribution in [0.5, 0.6) is 5.75 Å². The molecule has 0 fully saturated rings. The largest absolute Gasteiger partial charge is 0.497 e. The fourth-order valence-corrected chi connectivity index (χ4v) is 3.56. The van der Waals surface area contributed by atoms with E-state index in [9.17, 15) is 8.42 Å². The minimum absolute atomic E-state index is 0.114. The second-order valence-corrected chi connectivity index (χ2v) is 7.63. The van der Waals surface area contributed by atoms with E-state index in [-0.39, 0.29) is 10.8 Å². The fourth-order valence-electron chi connectivity index (χ4n) is 2.23. The van der Waals surface area contributed by atoms with E-state index in [1.807, 2.05) is 0 Å². The minimum atomic E-state index is -3.74. The first-order valence-electron chi connectivity index (χ1n) is 7.65. The Labute approximate surface area is 156 Å². The molecule has 0 saturated heterocycles. The predicted molar refractivity (Wildman–Crippen MR) is 96.5 cm³/mol. The molecule has 0 spiro atoms. The Bertz CT molecular complexity index is 986. The first-order chi connectivity index (χ1) is 12.4. The van der Waals surface area contributed by atoms with Crippen molar-refractivity contribution in [1.82, 2.24) is 14.9 Å². The highest BCUT2D eigenvalue weighted by atomic mass is 35.5. The SMILES string of the molecule is COc1ccc(S(=O)(=O)N[C@H](C)c2nc(-c3ccc(Cl)cc3)no2)cc1. The smallest absolute Gasteiger partial charge is 0.244 e. The molecule has 9 heteroatoms. The standard InChI is InChI=1S/C17H16ClN3O4S/c1-11(21-26(22,23)15-9-7-14(24-2)8-10-15)17-19-16(20-25-17)12-3-5-13(18)6-4-12/h3-11,21H,1-2H3/t11-/m1/s1. The van der Waals surface area contributed by atoms with Gasteiger partial charge < -0.3 is 9.26 Å². The van der Waals surface area contributed by atoms with Crippen molar-refractivity contribution in [3.8, 4) is 17.1 Å². The molecule has 0 unspecified atom stereocenters. The van der Waals surface area contributed by atoms with Crippen LogP contribution in [0, 0.1) is 0 Å². The second kappa shape index (κ2) is 7.45. The third kappa shape index (κ3) is 4.04. The normalized spacial score (nSPS) is 12.7. The van der Waals surface area contributed by atoms with Gasteiger partial charge in [0.25, 0.3) is 0 Å². The lowest BCUT2D eigenvalue weighted by atomic mass is 10.2. The summed E-state index contributed by atoms with van der Waals surface area (Å²) in [6, 6.07) is 12.3. The molecule has 0 aliphatic carbocycles. The quantitative estimate of drug-likeness (QED) is 0.689. The molecular weight excluding hydrogens is 378 g/mol. The summed E-state index contributed by atoms with van der Waals surface area (Å²) in [6.45, 7) is 1.63. The van der Waals surface area contributed by atoms with Crippen molar-refractivity contribution in [1.29, 1.82) is 0 Å². The van der Waals surface area contributed by atoms with Crippen molar-refractivity contribution in [2.45, 2.75) is 17.9 Å². The van der Waals surface area contributed by atoms with Gasteiger partial charge in [-0.15, -0.1) is 0 Å². The van der Waals surface area contributed by atoms with Crippen LogP contribution in [0.4, 0.5) is 0 Å². The summed E-state index contributed by atoms with van der Waals surface area (Å²) in [7, 11) is -2.23. The number of nitrogens with one attached hydrogen (secondary N) is 1. The summed E-state index contributed by atoms with van der Waals surface area (Å²) in [4.78, 5) is 4.36. The lowest BCUT2D eigenvalue weighted by Gasteiger charge is -2.11. The second-order valence-electron chi connectivity index (χ2n) is 5.48. The zero-order valence-corrected chi connectivity index (χ0v) is 15.6. The van der Waals surface area contributed by atoms with E-state index in [1.165, 1.54) is 19.2 Å². The summed E-state index contributed by atoms with van der Waals surface area (Å²) < 4.78 is 37.7. The number of nitrogens with zero attached hydrogens (tertiary/aromatic N) is 2. The van der Waals surface area contributed by atoms with Crippen molar-refractivity contribution < 1.29 is 17.7 Å². The number of sulfonamides is 1. The van der Waals surface area contributed by atoms with Crippen LogP contribution in [0.25, 0.3) is 11.4 Å². The van der Waals surface area contributed by atoms with Crippen molar-refractivity contribution in [3.63, 3.8) is 0 Å². The molecule has 0 bridgehead atoms. The van der Waals surface area contributed by atoms with Crippen LogP contribution in [-0.2, 0) is 10.0 Å². The number of hydrogen-bond acceptors (Lipinski definition) is 6. The Morgan fingerprint density at radius 1 is 1.12 bits per heavy atom. The maximum Gasteiger partial charge on any atom is 0.244 e. The van der Waals surface area contributed by atoms with E-state index in [4.69, 9.17) is 20.9 Å². The average Bonchev–Trinajstić information content (AvgIpc) is 3.12. The zero-order valence-electron chi connectivity index (χ0n) is 14.0. The third-order valence-corrected chi connectivity index (χ3v) is 5.42. The third-order valence-electron chi connectivity index (χ3n) is 3.62. The Kier molecular flexibility index (Phi) is 5.26. The highest BCUT2D eigenvalue weighted by Gasteiger charge is 2.22. The molecule has 0 aliphatic rings. The maximum absolute atomic E-state index is 12.5. The number of halogens is 1. The predicted octanol–water partition coefficient (Wildman–Crippen LogP) is 3.44. The summed E-state index contributed by atoms with van der Waals surface area (Å²) in [5.74, 6) is 1.08. The van der Waals surface area contributed by atoms with Gasteiger partial charge in [-0.1, -0.05) is 16.8 Å². The lowest BCUT2D eigenvalue weighted by Crippen LogP contribution is -2.27. The molecule has 7 nitrogen and oxygen atoms in total. The maximum atomic E-state index is 12.5. The highest BCUT2D eigenvalue weighted by Crippen LogP contribution is 2.22. The van der Waals surface area contributed by atoms with Gasteiger partial charge in [-0.05, 0) is 55.5 Å². The molecule has 3 aromatic rings. The molecule has 0 aliphatic heterocycles. The Balaban J connectivity index is 1.76. The number of ether oxygens (including phenoxy) is 1. The fraction of sp³-hybridized carbons (Fsp3) is 0.176. The summed E-state index contributed by atoms with van der Waals surface area (Å²) in [5.41, 5.74) is 0.717. The van der Waals surface area contributed by atoms with Crippen molar-refractivity contribution in [2.75, 3.05) is 7.11 Å². The average molecular weight is 394 g/mol. The van der Waals surface area contributed by atoms with Crippen LogP contribution in [0.2, 0.25) is 5.02 Å². The van der Waals surface area contributed by atoms with E-state index in [1.54, 1.807) is 43.3 Å². The van der Waals surface area contributed by atoms with E-state index in [0.717, 1.165) is 5.56 Å². The van der Waals surface area contributed by atoms with Gasteiger partial charge in [0.2, 0.25) is 21.7 Å². The molecule has 0 radical (unpaired) electrons. The summed E-state index contributed by atoms with van der Waals surface area (Å²) in [6.07, 6.45) is 0. The number of methoxy groups -OCH3 is 1. The van der Waals surface area contributed by atoms with Crippen LogP contribution < -0.4 is 9.46 Å². The lowest BCUT2D eigenvalue weighted by molar-refractivity contribution is 0.354. The highest BCUT2D eigenvalue weighted by molar-refractivity contribution is 7.89. The molecule has 1 atom stereocenters. The van der Waals surface area contributed by atoms with Crippen LogP contribution >= 0.6 is 11.6 Å². The van der Waals surface area contributed by atoms with Gasteiger partial charge in [0.05, 0.1) is 18.0 Å². The van der Waals surface area contributed by atoms with E-state index < -0.39 is 16.1 Å². The number of hydrogen-bond donors (Lipinski definition) is 1. The first-order valence-corrected chi connectivity index (χ1v) is 9.51. The monoisotopic (exact) mass is 393 g/mol. The Morgan fingerprint density at radius 2 is 1.77 bits per heavy atom. The number of aromatic nitrogens is 2. The molecule has 1 aromatic heterocycles. The zero-order chi connectivity index (χ0) is 18.7. The number of rotatable bonds is 6. The molecule has 0 saturated carbocycles. The minimum Gasteiger partial charge on any atom is -0.497 e. The van der Waals surface area contributed by atoms with Crippen LogP contribution in [0.15, 0.2) is 57.9 Å². The van der Waals surface area contributed by atoms with E-state index >= 15 is 0 Å². The van der Waals surface area contributed by atoms with Crippen LogP contribution in [0.3, 0.4) is 0 Å². The molecule has 1 heterocycles. The van der Waals surface area contributed by atoms with Crippen LogP contribution in [0.1, 0.15) is 18.9 Å². The van der Waals surface area contributed by atoms with Gasteiger partial charge in [-0.2, -0.15) is 9.71 Å². The van der Waals surface area contributed by atoms with Crippen molar-refractivity contribution in [2.24, 2.45) is 0 Å². The summed E-state index contributed by atoms with van der Waals surface area (Å²) >= 11 is 5.86. The molecule has 136 valence electrons. The van der Waals surface area contributed by atoms with E-state index in [0.29, 0.717) is 16.6 Å². The van der Waals surface area contributed by atoms with Crippen LogP contribution in [-0.4, -0.2) is 25.7 Å². The van der Waals surface area contributed by atoms with Gasteiger partial charge in [0.1, 0.15) is 5.75 Å². The Morgan fingerprint density at radius 3 is 2.38 bits per heavy atom. The van der Waals surface area contributed by atoms with Crippen molar-refractivity contribution >= 4 is 21.6 Å². The van der Waals surface area contributed by atoms with Gasteiger partial charge >= 0.3 is 0 Å². The van der Waals surface area contributed by atoms with Gasteiger partial charge in [-0.25, -0.2) is 8.42 Å². The van der Waals surface area contributed by atoms with Crippen molar-refractivity contribution in [3.05, 3.63) is 59.4 Å². The van der Waals surface area contributed by atoms with Gasteiger partial charge in [-0.3, -0.25) is 0 Å². The van der Waals surface area contributed by atoms with Gasteiger partial charge in [0, 0.05) is 10.6 Å².